The van der Waals surface area contributed by atoms with E-state index < -0.39 is 0 Å². The van der Waals surface area contributed by atoms with E-state index in [4.69, 9.17) is 0 Å². The molecule has 0 rings (SSSR count). The van der Waals surface area contributed by atoms with E-state index in [0.29, 0.717) is 0 Å². The molecule has 0 aliphatic heterocycles. The molecule has 3 N–H and O–H groups in total. The Labute approximate surface area is 48.7 Å². The zero-order valence-electron chi connectivity index (χ0n) is 6.71. The quantitative estimate of drug-likeness (QED) is 0.506. The van der Waals surface area contributed by atoms with Crippen LogP contribution in [0, 0.1) is 0 Å². The molecule has 0 aromatic heterocycles. The lowest BCUT2D eigenvalue weighted by molar-refractivity contribution is 1.50. The van der Waals surface area contributed by atoms with Crippen molar-refractivity contribution in [1.82, 2.24) is 6.15 Å². The largest absolute Gasteiger partial charge is 0.344 e. The molecule has 0 aliphatic carbocycles. The van der Waals surface area contributed by atoms with Crippen LogP contribution in [-0.4, -0.2) is 0 Å². The van der Waals surface area contributed by atoms with Crippen molar-refractivity contribution >= 4 is 0 Å². The highest BCUT2D eigenvalue weighted by Gasteiger charge is 0.936. The predicted octanol–water partition coefficient (Wildman–Crippen LogP) is 3.24. The van der Waals surface area contributed by atoms with Crippen molar-refractivity contribution in [1.29, 1.82) is 0 Å². The first-order chi connectivity index (χ1) is 3.00. The van der Waals surface area contributed by atoms with Crippen LogP contribution in [0.1, 0.15) is 41.5 Å². The van der Waals surface area contributed by atoms with E-state index in [1.165, 1.54) is 0 Å². The Kier molecular flexibility index (Phi) is 369000. The number of hydrogen-bond acceptors (Lipinski definition) is 1. The van der Waals surface area contributed by atoms with Gasteiger partial charge in [-0.1, -0.05) is 41.5 Å². The van der Waals surface area contributed by atoms with Gasteiger partial charge in [-0.05, 0) is 0 Å². The summed E-state index contributed by atoms with van der Waals surface area (Å²) in [5.41, 5.74) is 0. The second kappa shape index (κ2) is 91600. The Morgan fingerprint density at radius 1 is 0.429 bits per heavy atom. The summed E-state index contributed by atoms with van der Waals surface area (Å²) in [6.07, 6.45) is 0. The van der Waals surface area contributed by atoms with Crippen molar-refractivity contribution in [3.05, 3.63) is 0 Å². The first kappa shape index (κ1) is 28.2. The van der Waals surface area contributed by atoms with E-state index in [1.807, 2.05) is 41.5 Å². The van der Waals surface area contributed by atoms with Gasteiger partial charge < -0.3 is 6.15 Å². The minimum absolute atomic E-state index is 0. The molecule has 7 heavy (non-hydrogen) atoms. The minimum Gasteiger partial charge on any atom is -0.344 e. The molecule has 0 bridgehead atoms. The Morgan fingerprint density at radius 3 is 0.429 bits per heavy atom. The van der Waals surface area contributed by atoms with Gasteiger partial charge in [0, 0.05) is 0 Å². The van der Waals surface area contributed by atoms with Crippen LogP contribution in [0.2, 0.25) is 0 Å². The molecule has 0 radical (unpaired) electrons. The summed E-state index contributed by atoms with van der Waals surface area (Å²) in [7, 11) is 0. The molecule has 0 fully saturated rings. The summed E-state index contributed by atoms with van der Waals surface area (Å²) < 4.78 is 0. The van der Waals surface area contributed by atoms with E-state index in [-0.39, 0.29) is 6.15 Å². The van der Waals surface area contributed by atoms with Crippen molar-refractivity contribution in [2.75, 3.05) is 0 Å². The van der Waals surface area contributed by atoms with Gasteiger partial charge in [0.05, 0.1) is 0 Å². The van der Waals surface area contributed by atoms with Crippen LogP contribution < -0.4 is 6.15 Å². The third-order valence-electron chi connectivity index (χ3n) is 0. The molecule has 0 atom stereocenters. The van der Waals surface area contributed by atoms with Crippen molar-refractivity contribution in [3.8, 4) is 0 Å². The smallest absolute Gasteiger partial charge is 0.0683 e. The summed E-state index contributed by atoms with van der Waals surface area (Å²) in [6.45, 7) is 12.0. The van der Waals surface area contributed by atoms with Gasteiger partial charge in [-0.2, -0.15) is 0 Å². The second-order valence-electron chi connectivity index (χ2n) is 0. The summed E-state index contributed by atoms with van der Waals surface area (Å²) in [5, 5.41) is 0. The first-order valence-corrected chi connectivity index (χ1v) is 3.00. The normalized spacial score (nSPS) is 2.57. The molecule has 0 amide bonds. The van der Waals surface area contributed by atoms with Crippen LogP contribution in [-0.2, 0) is 0 Å². The minimum atomic E-state index is 0. The van der Waals surface area contributed by atoms with Crippen molar-refractivity contribution in [2.24, 2.45) is 0 Å². The monoisotopic (exact) mass is 107 g/mol. The van der Waals surface area contributed by atoms with Crippen LogP contribution in [0.4, 0.5) is 0 Å². The molecule has 0 spiro atoms. The molecule has 0 saturated heterocycles. The fraction of sp³-hybridized carbons (Fsp3) is 1.00. The Bertz CT molecular complexity index is 4.14. The highest BCUT2D eigenvalue weighted by molar-refractivity contribution is 3.51. The zero-order chi connectivity index (χ0) is 6.00. The summed E-state index contributed by atoms with van der Waals surface area (Å²) in [5.74, 6) is 0. The lowest BCUT2D eigenvalue weighted by Gasteiger charge is -1.07. The predicted molar refractivity (Wildman–Crippen MR) is 39.1 cm³/mol. The average Bonchev–Trinajstić information content (AvgIpc) is 1.81. The van der Waals surface area contributed by atoms with Gasteiger partial charge in [0.25, 0.3) is 0 Å². The molecule has 0 heterocycles. The Morgan fingerprint density at radius 2 is 0.429 bits per heavy atom. The van der Waals surface area contributed by atoms with Crippen LogP contribution in [0.5, 0.6) is 0 Å². The average molecular weight is 107 g/mol. The molecule has 1 nitrogen and oxygen atoms in total. The standard InChI is InChI=1S/3C2H6.H3N/c3*1-2;/h3*1-2H3;1H3. The van der Waals surface area contributed by atoms with E-state index in [1.54, 1.807) is 0 Å². The maximum absolute atomic E-state index is 2.00. The maximum Gasteiger partial charge on any atom is -0.0683 e. The van der Waals surface area contributed by atoms with Gasteiger partial charge in [-0.3, -0.25) is 0 Å². The van der Waals surface area contributed by atoms with Crippen LogP contribution >= 0.6 is 0 Å². The van der Waals surface area contributed by atoms with Gasteiger partial charge in [0.1, 0.15) is 0 Å². The maximum atomic E-state index is 2.00. The topological polar surface area (TPSA) is 35.0 Å². The molecular formula is C6H21N. The lowest BCUT2D eigenvalue weighted by atomic mass is 11.0. The fourth-order valence-electron chi connectivity index (χ4n) is 0. The van der Waals surface area contributed by atoms with E-state index in [0.717, 1.165) is 0 Å². The van der Waals surface area contributed by atoms with Crippen molar-refractivity contribution in [3.63, 3.8) is 0 Å². The fourth-order valence-corrected chi connectivity index (χ4v) is 0. The lowest BCUT2D eigenvalue weighted by Crippen LogP contribution is -0.856. The highest BCUT2D eigenvalue weighted by atomic mass is 14.0. The summed E-state index contributed by atoms with van der Waals surface area (Å²) >= 11 is 0. The van der Waals surface area contributed by atoms with Gasteiger partial charge in [-0.25, -0.2) is 0 Å². The van der Waals surface area contributed by atoms with Gasteiger partial charge >= 0.3 is 0 Å². The third-order valence-corrected chi connectivity index (χ3v) is 0. The molecule has 0 saturated carbocycles. The van der Waals surface area contributed by atoms with E-state index in [2.05, 4.69) is 0 Å². The molecule has 0 unspecified atom stereocenters. The van der Waals surface area contributed by atoms with Crippen LogP contribution in [0.25, 0.3) is 0 Å². The molecule has 0 aromatic rings. The first-order valence-electron chi connectivity index (χ1n) is 3.00. The molecule has 0 aromatic carbocycles. The molecule has 0 aliphatic rings. The van der Waals surface area contributed by atoms with Gasteiger partial charge in [0.15, 0.2) is 0 Å². The highest BCUT2D eigenvalue weighted by Crippen LogP contribution is 1.15. The SMILES string of the molecule is CC.CC.CC.N. The Hall–Kier alpha value is -0.0400. The zero-order valence-corrected chi connectivity index (χ0v) is 6.71. The number of hydrogen-bond donors (Lipinski definition) is 1. The van der Waals surface area contributed by atoms with Gasteiger partial charge in [-0.15, -0.1) is 0 Å². The van der Waals surface area contributed by atoms with Crippen LogP contribution in [0.15, 0.2) is 0 Å². The third kappa shape index (κ3) is 58400. The number of rotatable bonds is 0. The van der Waals surface area contributed by atoms with Crippen LogP contribution in [0.3, 0.4) is 0 Å². The van der Waals surface area contributed by atoms with E-state index in [9.17, 15) is 0 Å². The Balaban J connectivity index is -0.00000000900. The summed E-state index contributed by atoms with van der Waals surface area (Å²) in [6, 6.07) is 0. The summed E-state index contributed by atoms with van der Waals surface area (Å²) in [4.78, 5) is 0. The molecule has 50 valence electrons. The van der Waals surface area contributed by atoms with E-state index >= 15 is 0 Å². The molecule has 1 heteroatoms. The second-order valence-corrected chi connectivity index (χ2v) is 0. The van der Waals surface area contributed by atoms with Crippen molar-refractivity contribution < 1.29 is 0 Å². The molecular weight excluding hydrogens is 86.1 g/mol. The van der Waals surface area contributed by atoms with Gasteiger partial charge in [0.2, 0.25) is 0 Å². The van der Waals surface area contributed by atoms with Crippen molar-refractivity contribution in [2.45, 2.75) is 41.5 Å².